The van der Waals surface area contributed by atoms with Gasteiger partial charge in [-0.2, -0.15) is 0 Å². The van der Waals surface area contributed by atoms with Crippen molar-refractivity contribution >= 4 is 11.6 Å². The molecule has 0 fully saturated rings. The third-order valence-electron chi connectivity index (χ3n) is 1.54. The van der Waals surface area contributed by atoms with Crippen LogP contribution >= 0.6 is 11.6 Å². The Morgan fingerprint density at radius 2 is 2.25 bits per heavy atom. The highest BCUT2D eigenvalue weighted by atomic mass is 35.5. The summed E-state index contributed by atoms with van der Waals surface area (Å²) in [4.78, 5) is 0. The summed E-state index contributed by atoms with van der Waals surface area (Å²) in [6.07, 6.45) is 0. The van der Waals surface area contributed by atoms with E-state index in [0.29, 0.717) is 11.3 Å². The molecule has 0 unspecified atom stereocenters. The van der Waals surface area contributed by atoms with Gasteiger partial charge in [-0.1, -0.05) is 11.6 Å². The average molecular weight is 190 g/mol. The Labute approximate surface area is 75.1 Å². The van der Waals surface area contributed by atoms with E-state index in [-0.39, 0.29) is 11.6 Å². The summed E-state index contributed by atoms with van der Waals surface area (Å²) in [5, 5.41) is 0.0454. The first-order chi connectivity index (χ1) is 5.69. The highest BCUT2D eigenvalue weighted by Crippen LogP contribution is 2.25. The molecule has 0 heterocycles. The highest BCUT2D eigenvalue weighted by molar-refractivity contribution is 6.30. The number of hydrogen-bond donors (Lipinski definition) is 1. The van der Waals surface area contributed by atoms with E-state index in [4.69, 9.17) is 22.1 Å². The van der Waals surface area contributed by atoms with E-state index < -0.39 is 5.82 Å². The maximum Gasteiger partial charge on any atom is 0.142 e. The van der Waals surface area contributed by atoms with Crippen molar-refractivity contribution in [3.8, 4) is 5.75 Å². The lowest BCUT2D eigenvalue weighted by molar-refractivity contribution is 0.408. The van der Waals surface area contributed by atoms with Crippen LogP contribution in [-0.2, 0) is 6.54 Å². The zero-order chi connectivity index (χ0) is 9.14. The first-order valence-corrected chi connectivity index (χ1v) is 3.78. The fourth-order valence-corrected chi connectivity index (χ4v) is 1.07. The van der Waals surface area contributed by atoms with Gasteiger partial charge in [0.1, 0.15) is 11.6 Å². The topological polar surface area (TPSA) is 35.2 Å². The zero-order valence-corrected chi connectivity index (χ0v) is 7.36. The standard InChI is InChI=1S/C8H9ClFNO/c1-12-8-3-6(9)7(10)2-5(8)4-11/h2-3H,4,11H2,1H3. The Hall–Kier alpha value is -0.800. The summed E-state index contributed by atoms with van der Waals surface area (Å²) in [6.45, 7) is 0.233. The smallest absolute Gasteiger partial charge is 0.142 e. The van der Waals surface area contributed by atoms with Crippen LogP contribution in [0.15, 0.2) is 12.1 Å². The second-order valence-electron chi connectivity index (χ2n) is 2.28. The van der Waals surface area contributed by atoms with Crippen LogP contribution in [0.1, 0.15) is 5.56 Å². The number of benzene rings is 1. The molecule has 0 saturated heterocycles. The third-order valence-corrected chi connectivity index (χ3v) is 1.83. The first-order valence-electron chi connectivity index (χ1n) is 3.41. The van der Waals surface area contributed by atoms with Crippen molar-refractivity contribution in [2.75, 3.05) is 7.11 Å². The lowest BCUT2D eigenvalue weighted by Gasteiger charge is -2.06. The maximum absolute atomic E-state index is 12.8. The molecule has 2 N–H and O–H groups in total. The molecule has 1 rings (SSSR count). The summed E-state index contributed by atoms with van der Waals surface area (Å²) in [6, 6.07) is 2.69. The molecule has 1 aromatic carbocycles. The Bertz CT molecular complexity index is 262. The molecule has 0 saturated carbocycles. The molecular weight excluding hydrogens is 181 g/mol. The number of ether oxygens (including phenoxy) is 1. The molecule has 0 atom stereocenters. The summed E-state index contributed by atoms with van der Waals surface area (Å²) in [5.41, 5.74) is 5.97. The Morgan fingerprint density at radius 3 is 2.75 bits per heavy atom. The molecule has 0 bridgehead atoms. The predicted molar refractivity (Wildman–Crippen MR) is 45.9 cm³/mol. The van der Waals surface area contributed by atoms with Crippen molar-refractivity contribution in [3.05, 3.63) is 28.5 Å². The molecule has 1 aromatic rings. The Balaban J connectivity index is 3.19. The van der Waals surface area contributed by atoms with Gasteiger partial charge in [-0.25, -0.2) is 4.39 Å². The van der Waals surface area contributed by atoms with Gasteiger partial charge in [0.25, 0.3) is 0 Å². The molecule has 12 heavy (non-hydrogen) atoms. The lowest BCUT2D eigenvalue weighted by atomic mass is 10.2. The van der Waals surface area contributed by atoms with E-state index in [2.05, 4.69) is 0 Å². The van der Waals surface area contributed by atoms with Gasteiger partial charge < -0.3 is 10.5 Å². The van der Waals surface area contributed by atoms with E-state index in [0.717, 1.165) is 0 Å². The van der Waals surface area contributed by atoms with Crippen molar-refractivity contribution in [2.45, 2.75) is 6.54 Å². The first kappa shape index (κ1) is 9.29. The van der Waals surface area contributed by atoms with E-state index in [1.165, 1.54) is 19.2 Å². The normalized spacial score (nSPS) is 10.0. The molecule has 0 amide bonds. The second-order valence-corrected chi connectivity index (χ2v) is 2.69. The predicted octanol–water partition coefficient (Wildman–Crippen LogP) is 1.95. The molecule has 66 valence electrons. The van der Waals surface area contributed by atoms with Crippen LogP contribution in [-0.4, -0.2) is 7.11 Å². The van der Waals surface area contributed by atoms with Crippen LogP contribution in [0.25, 0.3) is 0 Å². The molecule has 4 heteroatoms. The van der Waals surface area contributed by atoms with E-state index in [9.17, 15) is 4.39 Å². The summed E-state index contributed by atoms with van der Waals surface area (Å²) in [7, 11) is 1.49. The molecule has 2 nitrogen and oxygen atoms in total. The molecule has 0 aliphatic rings. The SMILES string of the molecule is COc1cc(Cl)c(F)cc1CN. The van der Waals surface area contributed by atoms with Gasteiger partial charge in [0.15, 0.2) is 0 Å². The van der Waals surface area contributed by atoms with Gasteiger partial charge in [-0.05, 0) is 6.07 Å². The van der Waals surface area contributed by atoms with Crippen LogP contribution in [0.3, 0.4) is 0 Å². The molecule has 0 aliphatic carbocycles. The highest BCUT2D eigenvalue weighted by Gasteiger charge is 2.06. The molecule has 0 radical (unpaired) electrons. The van der Waals surface area contributed by atoms with Gasteiger partial charge in [0, 0.05) is 18.2 Å². The van der Waals surface area contributed by atoms with Gasteiger partial charge >= 0.3 is 0 Å². The van der Waals surface area contributed by atoms with Gasteiger partial charge in [0.2, 0.25) is 0 Å². The molecule has 0 aromatic heterocycles. The van der Waals surface area contributed by atoms with E-state index in [1.54, 1.807) is 0 Å². The van der Waals surface area contributed by atoms with Crippen LogP contribution in [0.4, 0.5) is 4.39 Å². The minimum atomic E-state index is -0.474. The molecule has 0 aliphatic heterocycles. The van der Waals surface area contributed by atoms with Gasteiger partial charge in [-0.3, -0.25) is 0 Å². The lowest BCUT2D eigenvalue weighted by Crippen LogP contribution is -2.00. The van der Waals surface area contributed by atoms with E-state index >= 15 is 0 Å². The van der Waals surface area contributed by atoms with Crippen molar-refractivity contribution < 1.29 is 9.13 Å². The number of hydrogen-bond acceptors (Lipinski definition) is 2. The van der Waals surface area contributed by atoms with Gasteiger partial charge in [0.05, 0.1) is 12.1 Å². The van der Waals surface area contributed by atoms with E-state index in [1.807, 2.05) is 0 Å². The molecule has 0 spiro atoms. The monoisotopic (exact) mass is 189 g/mol. The summed E-state index contributed by atoms with van der Waals surface area (Å²) in [5.74, 6) is 0.0433. The van der Waals surface area contributed by atoms with Crippen molar-refractivity contribution in [3.63, 3.8) is 0 Å². The zero-order valence-electron chi connectivity index (χ0n) is 6.60. The number of rotatable bonds is 2. The minimum Gasteiger partial charge on any atom is -0.496 e. The second kappa shape index (κ2) is 3.74. The number of methoxy groups -OCH3 is 1. The van der Waals surface area contributed by atoms with Crippen molar-refractivity contribution in [1.82, 2.24) is 0 Å². The Morgan fingerprint density at radius 1 is 1.58 bits per heavy atom. The fraction of sp³-hybridized carbons (Fsp3) is 0.250. The quantitative estimate of drug-likeness (QED) is 0.772. The van der Waals surface area contributed by atoms with Crippen molar-refractivity contribution in [2.24, 2.45) is 5.73 Å². The average Bonchev–Trinajstić information content (AvgIpc) is 2.09. The number of nitrogens with two attached hydrogens (primary N) is 1. The number of halogens is 2. The van der Waals surface area contributed by atoms with Crippen LogP contribution in [0.2, 0.25) is 5.02 Å². The summed E-state index contributed by atoms with van der Waals surface area (Å²) >= 11 is 5.53. The van der Waals surface area contributed by atoms with Crippen LogP contribution in [0, 0.1) is 5.82 Å². The fourth-order valence-electron chi connectivity index (χ4n) is 0.919. The Kier molecular flexibility index (Phi) is 2.89. The van der Waals surface area contributed by atoms with Crippen LogP contribution < -0.4 is 10.5 Å². The van der Waals surface area contributed by atoms with Crippen LogP contribution in [0.5, 0.6) is 5.75 Å². The summed E-state index contributed by atoms with van der Waals surface area (Å²) < 4.78 is 17.8. The minimum absolute atomic E-state index is 0.0454. The third kappa shape index (κ3) is 1.68. The maximum atomic E-state index is 12.8. The largest absolute Gasteiger partial charge is 0.496 e. The van der Waals surface area contributed by atoms with Crippen molar-refractivity contribution in [1.29, 1.82) is 0 Å². The molecular formula is C8H9ClFNO. The van der Waals surface area contributed by atoms with Gasteiger partial charge in [-0.15, -0.1) is 0 Å².